The molecule has 0 rings (SSSR count). The zero-order chi connectivity index (χ0) is 21.8. The van der Waals surface area contributed by atoms with E-state index >= 15 is 0 Å². The minimum atomic E-state index is 0.00354. The molecule has 176 valence electrons. The molecule has 1 heteroatoms. The monoisotopic (exact) mass is 410 g/mol. The Bertz CT molecular complexity index is 327. The maximum atomic E-state index is 6.64. The molecule has 0 aromatic rings. The van der Waals surface area contributed by atoms with Gasteiger partial charge < -0.3 is 4.74 Å². The lowest BCUT2D eigenvalue weighted by Gasteiger charge is -2.47. The summed E-state index contributed by atoms with van der Waals surface area (Å²) in [5.41, 5.74) is 0.366. The van der Waals surface area contributed by atoms with Crippen LogP contribution in [0.3, 0.4) is 0 Å². The predicted octanol–water partition coefficient (Wildman–Crippen LogP) is 10.3. The largest absolute Gasteiger partial charge is 0.375 e. The summed E-state index contributed by atoms with van der Waals surface area (Å²) >= 11 is 0. The van der Waals surface area contributed by atoms with Crippen LogP contribution in [0.4, 0.5) is 0 Å². The minimum Gasteiger partial charge on any atom is -0.375 e. The van der Waals surface area contributed by atoms with Gasteiger partial charge in [0.05, 0.1) is 5.60 Å². The van der Waals surface area contributed by atoms with Gasteiger partial charge in [0.1, 0.15) is 0 Å². The molecule has 0 unspecified atom stereocenters. The first-order valence-corrected chi connectivity index (χ1v) is 13.6. The maximum absolute atomic E-state index is 6.64. The Kier molecular flexibility index (Phi) is 18.7. The van der Waals surface area contributed by atoms with Crippen molar-refractivity contribution in [3.8, 4) is 0 Å². The Labute approximate surface area is 186 Å². The summed E-state index contributed by atoms with van der Waals surface area (Å²) in [4.78, 5) is 0. The van der Waals surface area contributed by atoms with Crippen LogP contribution in [-0.2, 0) is 4.74 Å². The molecule has 0 N–H and O–H groups in total. The van der Waals surface area contributed by atoms with Crippen LogP contribution in [0, 0.1) is 5.41 Å². The van der Waals surface area contributed by atoms with E-state index in [1.165, 1.54) is 122 Å². The van der Waals surface area contributed by atoms with Gasteiger partial charge in [-0.15, -0.1) is 0 Å². The van der Waals surface area contributed by atoms with Crippen molar-refractivity contribution in [1.82, 2.24) is 0 Å². The molecule has 0 aliphatic carbocycles. The van der Waals surface area contributed by atoms with Crippen molar-refractivity contribution < 1.29 is 4.74 Å². The van der Waals surface area contributed by atoms with E-state index in [0.717, 1.165) is 6.61 Å². The van der Waals surface area contributed by atoms with Crippen molar-refractivity contribution in [2.45, 2.75) is 169 Å². The third-order valence-electron chi connectivity index (χ3n) is 7.20. The quantitative estimate of drug-likeness (QED) is 0.161. The fraction of sp³-hybridized carbons (Fsp3) is 1.00. The number of hydrogen-bond donors (Lipinski definition) is 0. The van der Waals surface area contributed by atoms with E-state index in [1.807, 2.05) is 0 Å². The van der Waals surface area contributed by atoms with E-state index in [0.29, 0.717) is 5.41 Å². The number of ether oxygens (including phenoxy) is 1. The van der Waals surface area contributed by atoms with Crippen LogP contribution in [0.25, 0.3) is 0 Å². The number of hydrogen-bond acceptors (Lipinski definition) is 1. The summed E-state index contributed by atoms with van der Waals surface area (Å²) in [6.07, 6.45) is 25.9. The first-order chi connectivity index (χ1) is 14.0. The third-order valence-corrected chi connectivity index (χ3v) is 7.20. The highest BCUT2D eigenvalue weighted by atomic mass is 16.5. The molecular weight excluding hydrogens is 352 g/mol. The standard InChI is InChI=1S/C28H58O/c1-7-11-13-15-17-18-20-22-26-29-27(5,6)28(23-9-3,24-10-4)25-21-19-16-14-12-8-2/h7-26H2,1-6H3. The molecule has 0 aromatic heterocycles. The maximum Gasteiger partial charge on any atom is 0.0682 e. The molecule has 29 heavy (non-hydrogen) atoms. The molecule has 1 nitrogen and oxygen atoms in total. The Morgan fingerprint density at radius 2 is 0.862 bits per heavy atom. The predicted molar refractivity (Wildman–Crippen MR) is 133 cm³/mol. The van der Waals surface area contributed by atoms with Crippen molar-refractivity contribution in [2.24, 2.45) is 5.41 Å². The molecule has 0 aliphatic rings. The smallest absolute Gasteiger partial charge is 0.0682 e. The van der Waals surface area contributed by atoms with E-state index in [2.05, 4.69) is 41.5 Å². The van der Waals surface area contributed by atoms with Crippen LogP contribution in [0.5, 0.6) is 0 Å². The lowest BCUT2D eigenvalue weighted by molar-refractivity contribution is -0.126. The Balaban J connectivity index is 4.43. The van der Waals surface area contributed by atoms with Gasteiger partial charge >= 0.3 is 0 Å². The summed E-state index contributed by atoms with van der Waals surface area (Å²) in [5.74, 6) is 0. The molecule has 0 atom stereocenters. The number of unbranched alkanes of at least 4 members (excludes halogenated alkanes) is 12. The highest BCUT2D eigenvalue weighted by Crippen LogP contribution is 2.47. The van der Waals surface area contributed by atoms with Gasteiger partial charge in [-0.25, -0.2) is 0 Å². The Morgan fingerprint density at radius 1 is 0.448 bits per heavy atom. The van der Waals surface area contributed by atoms with Crippen molar-refractivity contribution in [2.75, 3.05) is 6.61 Å². The second kappa shape index (κ2) is 18.7. The van der Waals surface area contributed by atoms with Crippen LogP contribution in [0.2, 0.25) is 0 Å². The first-order valence-electron chi connectivity index (χ1n) is 13.6. The molecule has 0 spiro atoms. The van der Waals surface area contributed by atoms with Crippen LogP contribution in [0.15, 0.2) is 0 Å². The minimum absolute atomic E-state index is 0.00354. The van der Waals surface area contributed by atoms with Gasteiger partial charge in [0.2, 0.25) is 0 Å². The molecule has 0 fully saturated rings. The SMILES string of the molecule is CCCCCCCCCCOC(C)(C)C(CCC)(CCC)CCCCCCCC. The molecule has 0 amide bonds. The van der Waals surface area contributed by atoms with Crippen LogP contribution >= 0.6 is 0 Å². The summed E-state index contributed by atoms with van der Waals surface area (Å²) in [6, 6.07) is 0. The van der Waals surface area contributed by atoms with Crippen molar-refractivity contribution in [3.63, 3.8) is 0 Å². The molecule has 0 saturated carbocycles. The van der Waals surface area contributed by atoms with Gasteiger partial charge in [0.25, 0.3) is 0 Å². The molecule has 0 aromatic carbocycles. The van der Waals surface area contributed by atoms with E-state index in [9.17, 15) is 0 Å². The highest BCUT2D eigenvalue weighted by molar-refractivity contribution is 4.94. The first kappa shape index (κ1) is 29.0. The molecule has 0 saturated heterocycles. The zero-order valence-electron chi connectivity index (χ0n) is 21.6. The molecule has 0 radical (unpaired) electrons. The molecule has 0 aliphatic heterocycles. The van der Waals surface area contributed by atoms with Crippen LogP contribution in [-0.4, -0.2) is 12.2 Å². The van der Waals surface area contributed by atoms with Gasteiger partial charge in [0, 0.05) is 6.61 Å². The van der Waals surface area contributed by atoms with Gasteiger partial charge in [-0.1, -0.05) is 124 Å². The zero-order valence-corrected chi connectivity index (χ0v) is 21.6. The topological polar surface area (TPSA) is 9.23 Å². The average molecular weight is 411 g/mol. The normalized spacial score (nSPS) is 12.6. The second-order valence-electron chi connectivity index (χ2n) is 10.1. The second-order valence-corrected chi connectivity index (χ2v) is 10.1. The lowest BCUT2D eigenvalue weighted by atomic mass is 9.64. The third kappa shape index (κ3) is 13.1. The highest BCUT2D eigenvalue weighted by Gasteiger charge is 2.43. The van der Waals surface area contributed by atoms with Crippen molar-refractivity contribution in [1.29, 1.82) is 0 Å². The van der Waals surface area contributed by atoms with E-state index in [4.69, 9.17) is 4.74 Å². The van der Waals surface area contributed by atoms with E-state index < -0.39 is 0 Å². The van der Waals surface area contributed by atoms with Crippen LogP contribution < -0.4 is 0 Å². The van der Waals surface area contributed by atoms with Gasteiger partial charge in [-0.2, -0.15) is 0 Å². The Morgan fingerprint density at radius 3 is 1.31 bits per heavy atom. The Hall–Kier alpha value is -0.0400. The van der Waals surface area contributed by atoms with Gasteiger partial charge in [-0.05, 0) is 44.9 Å². The lowest BCUT2D eigenvalue weighted by Crippen LogP contribution is -2.46. The average Bonchev–Trinajstić information content (AvgIpc) is 2.69. The van der Waals surface area contributed by atoms with Gasteiger partial charge in [0.15, 0.2) is 0 Å². The fourth-order valence-electron chi connectivity index (χ4n) is 5.20. The summed E-state index contributed by atoms with van der Waals surface area (Å²) < 4.78 is 6.64. The van der Waals surface area contributed by atoms with Crippen LogP contribution in [0.1, 0.15) is 164 Å². The van der Waals surface area contributed by atoms with E-state index in [1.54, 1.807) is 0 Å². The van der Waals surface area contributed by atoms with Crippen molar-refractivity contribution in [3.05, 3.63) is 0 Å². The molecular formula is C28H58O. The molecule has 0 bridgehead atoms. The summed E-state index contributed by atoms with van der Waals surface area (Å²) in [6.45, 7) is 15.1. The summed E-state index contributed by atoms with van der Waals surface area (Å²) in [7, 11) is 0. The van der Waals surface area contributed by atoms with E-state index in [-0.39, 0.29) is 5.60 Å². The fourth-order valence-corrected chi connectivity index (χ4v) is 5.20. The van der Waals surface area contributed by atoms with Crippen molar-refractivity contribution >= 4 is 0 Å². The summed E-state index contributed by atoms with van der Waals surface area (Å²) in [5, 5.41) is 0. The molecule has 0 heterocycles. The van der Waals surface area contributed by atoms with Gasteiger partial charge in [-0.3, -0.25) is 0 Å². The number of rotatable bonds is 22.